The van der Waals surface area contributed by atoms with Crippen molar-refractivity contribution in [3.8, 4) is 6.07 Å². The summed E-state index contributed by atoms with van der Waals surface area (Å²) in [6, 6.07) is 8.84. The van der Waals surface area contributed by atoms with Crippen molar-refractivity contribution in [2.45, 2.75) is 30.5 Å². The predicted molar refractivity (Wildman–Crippen MR) is 101 cm³/mol. The second-order valence-electron chi connectivity index (χ2n) is 6.51. The van der Waals surface area contributed by atoms with Crippen molar-refractivity contribution in [1.82, 2.24) is 9.29 Å². The zero-order chi connectivity index (χ0) is 21.8. The number of nitrogens with zero attached hydrogens (tertiary/aromatic N) is 4. The third-order valence-corrected chi connectivity index (χ3v) is 6.35. The van der Waals surface area contributed by atoms with Gasteiger partial charge in [0, 0.05) is 32.1 Å². The molecule has 1 aromatic heterocycles. The standard InChI is InChI=1S/C19H17F3N4O3S/c20-19(21,22)15-2-1-3-18(11-15)30(27,28)26-8-5-16(6-9-26)25-29-13-17-10-14(12-23)4-7-24-17/h1-4,7,10-11H,5-6,8-9,13H2. The van der Waals surface area contributed by atoms with Crippen LogP contribution in [-0.4, -0.2) is 36.5 Å². The second-order valence-corrected chi connectivity index (χ2v) is 8.45. The van der Waals surface area contributed by atoms with Crippen LogP contribution in [0.3, 0.4) is 0 Å². The van der Waals surface area contributed by atoms with Crippen molar-refractivity contribution in [3.63, 3.8) is 0 Å². The molecule has 1 saturated heterocycles. The molecule has 3 rings (SSSR count). The third-order valence-electron chi connectivity index (χ3n) is 4.45. The molecule has 0 radical (unpaired) electrons. The van der Waals surface area contributed by atoms with Gasteiger partial charge in [0.05, 0.1) is 33.5 Å². The SMILES string of the molecule is N#Cc1ccnc(CON=C2CCN(S(=O)(=O)c3cccc(C(F)(F)F)c3)CC2)c1. The highest BCUT2D eigenvalue weighted by atomic mass is 32.2. The van der Waals surface area contributed by atoms with Crippen molar-refractivity contribution < 1.29 is 26.4 Å². The number of halogens is 3. The lowest BCUT2D eigenvalue weighted by molar-refractivity contribution is -0.137. The van der Waals surface area contributed by atoms with Crippen LogP contribution in [0, 0.1) is 11.3 Å². The van der Waals surface area contributed by atoms with Gasteiger partial charge in [-0.25, -0.2) is 8.42 Å². The maximum absolute atomic E-state index is 12.9. The maximum Gasteiger partial charge on any atom is 0.416 e. The number of hydrogen-bond acceptors (Lipinski definition) is 6. The molecule has 0 aliphatic carbocycles. The molecule has 1 aliphatic heterocycles. The summed E-state index contributed by atoms with van der Waals surface area (Å²) in [5, 5.41) is 12.9. The number of rotatable bonds is 5. The minimum absolute atomic E-state index is 0.0608. The lowest BCUT2D eigenvalue weighted by Gasteiger charge is -2.26. The van der Waals surface area contributed by atoms with E-state index in [0.717, 1.165) is 22.5 Å². The van der Waals surface area contributed by atoms with Gasteiger partial charge in [0.15, 0.2) is 6.61 Å². The highest BCUT2D eigenvalue weighted by molar-refractivity contribution is 7.89. The van der Waals surface area contributed by atoms with E-state index in [1.54, 1.807) is 12.1 Å². The Labute approximate surface area is 171 Å². The summed E-state index contributed by atoms with van der Waals surface area (Å²) in [6.07, 6.45) is -2.54. The molecule has 0 unspecified atom stereocenters. The molecule has 30 heavy (non-hydrogen) atoms. The lowest BCUT2D eigenvalue weighted by atomic mass is 10.1. The fourth-order valence-electron chi connectivity index (χ4n) is 2.87. The molecule has 158 valence electrons. The number of piperidine rings is 1. The highest BCUT2D eigenvalue weighted by Gasteiger charge is 2.33. The zero-order valence-corrected chi connectivity index (χ0v) is 16.4. The first-order chi connectivity index (χ1) is 14.2. The van der Waals surface area contributed by atoms with Gasteiger partial charge < -0.3 is 4.84 Å². The van der Waals surface area contributed by atoms with Gasteiger partial charge in [0.1, 0.15) is 0 Å². The van der Waals surface area contributed by atoms with E-state index in [1.165, 1.54) is 6.20 Å². The summed E-state index contributed by atoms with van der Waals surface area (Å²) >= 11 is 0. The molecule has 1 aliphatic rings. The molecule has 2 heterocycles. The van der Waals surface area contributed by atoms with Crippen LogP contribution in [0.5, 0.6) is 0 Å². The summed E-state index contributed by atoms with van der Waals surface area (Å²) in [7, 11) is -4.04. The van der Waals surface area contributed by atoms with Crippen molar-refractivity contribution >= 4 is 15.7 Å². The molecule has 11 heteroatoms. The van der Waals surface area contributed by atoms with Crippen molar-refractivity contribution in [2.75, 3.05) is 13.1 Å². The van der Waals surface area contributed by atoms with Crippen molar-refractivity contribution in [1.29, 1.82) is 5.26 Å². The minimum atomic E-state index is -4.62. The van der Waals surface area contributed by atoms with Crippen LogP contribution in [0.25, 0.3) is 0 Å². The van der Waals surface area contributed by atoms with Crippen LogP contribution in [0.4, 0.5) is 13.2 Å². The van der Waals surface area contributed by atoms with Gasteiger partial charge in [-0.05, 0) is 30.3 Å². The van der Waals surface area contributed by atoms with E-state index in [2.05, 4.69) is 10.1 Å². The Hall–Kier alpha value is -2.97. The van der Waals surface area contributed by atoms with Crippen LogP contribution in [0.1, 0.15) is 29.7 Å². The Bertz CT molecular complexity index is 1080. The Balaban J connectivity index is 1.60. The molecule has 0 amide bonds. The number of aromatic nitrogens is 1. The molecule has 0 bridgehead atoms. The maximum atomic E-state index is 12.9. The van der Waals surface area contributed by atoms with E-state index in [-0.39, 0.29) is 19.7 Å². The molecular weight excluding hydrogens is 421 g/mol. The van der Waals surface area contributed by atoms with E-state index >= 15 is 0 Å². The summed E-state index contributed by atoms with van der Waals surface area (Å²) in [5.41, 5.74) is 0.611. The quantitative estimate of drug-likeness (QED) is 0.668. The van der Waals surface area contributed by atoms with Crippen molar-refractivity contribution in [3.05, 3.63) is 59.4 Å². The fourth-order valence-corrected chi connectivity index (χ4v) is 4.36. The Kier molecular flexibility index (Phi) is 6.38. The van der Waals surface area contributed by atoms with Crippen molar-refractivity contribution in [2.24, 2.45) is 5.16 Å². The normalized spacial score (nSPS) is 15.5. The summed E-state index contributed by atoms with van der Waals surface area (Å²) in [5.74, 6) is 0. The number of oxime groups is 1. The Morgan fingerprint density at radius 1 is 1.20 bits per heavy atom. The molecule has 1 aromatic carbocycles. The van der Waals surface area contributed by atoms with Crippen LogP contribution in [0.2, 0.25) is 0 Å². The second kappa shape index (κ2) is 8.81. The van der Waals surface area contributed by atoms with Gasteiger partial charge in [-0.3, -0.25) is 4.98 Å². The molecular formula is C19H17F3N4O3S. The summed E-state index contributed by atoms with van der Waals surface area (Å²) < 4.78 is 65.1. The van der Waals surface area contributed by atoms with Gasteiger partial charge >= 0.3 is 6.18 Å². The van der Waals surface area contributed by atoms with Gasteiger partial charge in [-0.15, -0.1) is 0 Å². The van der Waals surface area contributed by atoms with Crippen LogP contribution in [0.15, 0.2) is 52.6 Å². The monoisotopic (exact) mass is 438 g/mol. The van der Waals surface area contributed by atoms with E-state index in [4.69, 9.17) is 10.1 Å². The topological polar surface area (TPSA) is 95.7 Å². The molecule has 0 spiro atoms. The first-order valence-corrected chi connectivity index (χ1v) is 10.3. The molecule has 0 atom stereocenters. The molecule has 1 fully saturated rings. The van der Waals surface area contributed by atoms with E-state index in [0.29, 0.717) is 35.9 Å². The Morgan fingerprint density at radius 3 is 2.60 bits per heavy atom. The number of sulfonamides is 1. The zero-order valence-electron chi connectivity index (χ0n) is 15.6. The lowest BCUT2D eigenvalue weighted by Crippen LogP contribution is -2.38. The molecule has 2 aromatic rings. The number of pyridine rings is 1. The number of benzene rings is 1. The van der Waals surface area contributed by atoms with E-state index in [9.17, 15) is 21.6 Å². The predicted octanol–water partition coefficient (Wildman–Crippen LogP) is 3.33. The fraction of sp³-hybridized carbons (Fsp3) is 0.316. The van der Waals surface area contributed by atoms with Gasteiger partial charge in [0.25, 0.3) is 0 Å². The average Bonchev–Trinajstić information content (AvgIpc) is 2.74. The van der Waals surface area contributed by atoms with Gasteiger partial charge in [-0.1, -0.05) is 11.2 Å². The average molecular weight is 438 g/mol. The summed E-state index contributed by atoms with van der Waals surface area (Å²) in [4.78, 5) is 8.91. The third kappa shape index (κ3) is 5.14. The summed E-state index contributed by atoms with van der Waals surface area (Å²) in [6.45, 7) is 0.233. The Morgan fingerprint density at radius 2 is 1.93 bits per heavy atom. The van der Waals surface area contributed by atoms with E-state index < -0.39 is 26.7 Å². The number of hydrogen-bond donors (Lipinski definition) is 0. The highest BCUT2D eigenvalue weighted by Crippen LogP contribution is 2.31. The largest absolute Gasteiger partial charge is 0.416 e. The van der Waals surface area contributed by atoms with Gasteiger partial charge in [0.2, 0.25) is 10.0 Å². The number of alkyl halides is 3. The first kappa shape index (κ1) is 21.7. The van der Waals surface area contributed by atoms with Crippen LogP contribution in [-0.2, 0) is 27.6 Å². The van der Waals surface area contributed by atoms with Crippen LogP contribution < -0.4 is 0 Å². The van der Waals surface area contributed by atoms with Crippen LogP contribution >= 0.6 is 0 Å². The number of nitriles is 1. The molecule has 7 nitrogen and oxygen atoms in total. The van der Waals surface area contributed by atoms with E-state index in [1.807, 2.05) is 6.07 Å². The molecule has 0 N–H and O–H groups in total. The van der Waals surface area contributed by atoms with Gasteiger partial charge in [-0.2, -0.15) is 22.7 Å². The smallest absolute Gasteiger partial charge is 0.389 e. The molecule has 0 saturated carbocycles. The first-order valence-electron chi connectivity index (χ1n) is 8.90. The minimum Gasteiger partial charge on any atom is -0.389 e.